The Morgan fingerprint density at radius 1 is 1.11 bits per heavy atom. The molecule has 1 aliphatic carbocycles. The topological polar surface area (TPSA) is 49.8 Å². The predicted molar refractivity (Wildman–Crippen MR) is 75.9 cm³/mol. The third kappa shape index (κ3) is 1.74. The Hall–Kier alpha value is -1.32. The molecule has 1 aromatic rings. The van der Waals surface area contributed by atoms with Crippen LogP contribution in [-0.2, 0) is 6.42 Å². The van der Waals surface area contributed by atoms with Gasteiger partial charge in [-0.15, -0.1) is 0 Å². The molecule has 1 heterocycles. The number of aromatic nitrogens is 2. The predicted octanol–water partition coefficient (Wildman–Crippen LogP) is 2.93. The van der Waals surface area contributed by atoms with Crippen LogP contribution in [0.25, 0.3) is 0 Å². The second-order valence-corrected chi connectivity index (χ2v) is 6.17. The van der Waals surface area contributed by atoms with Crippen molar-refractivity contribution in [3.63, 3.8) is 0 Å². The minimum atomic E-state index is 0.308. The monoisotopic (exact) mass is 248 g/mol. The third-order valence-electron chi connectivity index (χ3n) is 4.84. The Morgan fingerprint density at radius 2 is 1.67 bits per heavy atom. The molecule has 0 unspecified atom stereocenters. The molecule has 0 spiro atoms. The van der Waals surface area contributed by atoms with Crippen molar-refractivity contribution in [3.05, 3.63) is 11.9 Å². The van der Waals surface area contributed by atoms with Crippen molar-refractivity contribution < 1.29 is 0 Å². The van der Waals surface area contributed by atoms with Crippen LogP contribution >= 0.6 is 0 Å². The van der Waals surface area contributed by atoms with Crippen LogP contribution in [0.2, 0.25) is 0 Å². The van der Waals surface area contributed by atoms with Crippen LogP contribution in [0.15, 0.2) is 6.33 Å². The SMILES string of the molecule is CCc1c(NC)ncnc1NC1C(C)(C)C1(C)C. The zero-order valence-electron chi connectivity index (χ0n) is 12.3. The van der Waals surface area contributed by atoms with Crippen molar-refractivity contribution in [1.82, 2.24) is 9.97 Å². The van der Waals surface area contributed by atoms with Crippen LogP contribution in [0, 0.1) is 10.8 Å². The third-order valence-corrected chi connectivity index (χ3v) is 4.84. The second-order valence-electron chi connectivity index (χ2n) is 6.17. The molecule has 0 saturated heterocycles. The summed E-state index contributed by atoms with van der Waals surface area (Å²) in [5.74, 6) is 1.90. The van der Waals surface area contributed by atoms with E-state index >= 15 is 0 Å². The van der Waals surface area contributed by atoms with Crippen LogP contribution in [0.4, 0.5) is 11.6 Å². The van der Waals surface area contributed by atoms with E-state index in [1.807, 2.05) is 7.05 Å². The number of hydrogen-bond acceptors (Lipinski definition) is 4. The molecule has 0 aliphatic heterocycles. The molecule has 1 saturated carbocycles. The Kier molecular flexibility index (Phi) is 2.99. The van der Waals surface area contributed by atoms with E-state index in [0.717, 1.165) is 18.1 Å². The van der Waals surface area contributed by atoms with E-state index in [-0.39, 0.29) is 0 Å². The Bertz CT molecular complexity index is 437. The lowest BCUT2D eigenvalue weighted by Crippen LogP contribution is -2.14. The van der Waals surface area contributed by atoms with Gasteiger partial charge in [0.15, 0.2) is 0 Å². The van der Waals surface area contributed by atoms with Gasteiger partial charge in [-0.05, 0) is 17.3 Å². The minimum Gasteiger partial charge on any atom is -0.373 e. The Morgan fingerprint density at radius 3 is 2.11 bits per heavy atom. The van der Waals surface area contributed by atoms with Gasteiger partial charge in [-0.25, -0.2) is 9.97 Å². The summed E-state index contributed by atoms with van der Waals surface area (Å²) in [5, 5.41) is 6.73. The normalized spacial score (nSPS) is 20.6. The van der Waals surface area contributed by atoms with E-state index in [1.165, 1.54) is 5.56 Å². The molecule has 4 nitrogen and oxygen atoms in total. The van der Waals surface area contributed by atoms with Crippen molar-refractivity contribution in [1.29, 1.82) is 0 Å². The molecular weight excluding hydrogens is 224 g/mol. The van der Waals surface area contributed by atoms with Gasteiger partial charge < -0.3 is 10.6 Å². The van der Waals surface area contributed by atoms with Gasteiger partial charge >= 0.3 is 0 Å². The summed E-state index contributed by atoms with van der Waals surface area (Å²) in [7, 11) is 1.90. The smallest absolute Gasteiger partial charge is 0.134 e. The maximum absolute atomic E-state index is 4.41. The van der Waals surface area contributed by atoms with Crippen LogP contribution in [0.3, 0.4) is 0 Å². The zero-order valence-corrected chi connectivity index (χ0v) is 12.3. The standard InChI is InChI=1S/C14H24N4/c1-7-9-10(15-6)16-8-17-11(9)18-12-13(2,3)14(12,4)5/h8,12H,7H2,1-6H3,(H2,15,16,17,18). The van der Waals surface area contributed by atoms with Crippen molar-refractivity contribution in [2.24, 2.45) is 10.8 Å². The van der Waals surface area contributed by atoms with E-state index in [0.29, 0.717) is 16.9 Å². The van der Waals surface area contributed by atoms with E-state index < -0.39 is 0 Å². The first kappa shape index (κ1) is 13.1. The maximum Gasteiger partial charge on any atom is 0.134 e. The maximum atomic E-state index is 4.41. The highest BCUT2D eigenvalue weighted by Gasteiger charge is 2.65. The van der Waals surface area contributed by atoms with Gasteiger partial charge in [0, 0.05) is 18.7 Å². The summed E-state index contributed by atoms with van der Waals surface area (Å²) in [4.78, 5) is 8.67. The Balaban J connectivity index is 2.26. The number of nitrogens with zero attached hydrogens (tertiary/aromatic N) is 2. The van der Waals surface area contributed by atoms with E-state index in [4.69, 9.17) is 0 Å². The van der Waals surface area contributed by atoms with Gasteiger partial charge in [-0.3, -0.25) is 0 Å². The summed E-state index contributed by atoms with van der Waals surface area (Å²) in [6.07, 6.45) is 2.54. The van der Waals surface area contributed by atoms with E-state index in [1.54, 1.807) is 6.33 Å². The lowest BCUT2D eigenvalue weighted by Gasteiger charge is -2.14. The Labute approximate surface area is 110 Å². The fourth-order valence-electron chi connectivity index (χ4n) is 2.78. The molecule has 1 aromatic heterocycles. The fourth-order valence-corrected chi connectivity index (χ4v) is 2.78. The highest BCUT2D eigenvalue weighted by atomic mass is 15.1. The van der Waals surface area contributed by atoms with Gasteiger partial charge in [-0.1, -0.05) is 34.6 Å². The first-order valence-electron chi connectivity index (χ1n) is 6.64. The summed E-state index contributed by atoms with van der Waals surface area (Å²) in [5.41, 5.74) is 1.78. The molecule has 0 amide bonds. The van der Waals surface area contributed by atoms with Crippen molar-refractivity contribution in [2.45, 2.75) is 47.1 Å². The lowest BCUT2D eigenvalue weighted by atomic mass is 10.0. The van der Waals surface area contributed by atoms with Crippen molar-refractivity contribution in [2.75, 3.05) is 17.7 Å². The molecule has 1 aliphatic rings. The molecule has 0 bridgehead atoms. The zero-order chi connectivity index (χ0) is 13.6. The first-order valence-corrected chi connectivity index (χ1v) is 6.64. The lowest BCUT2D eigenvalue weighted by molar-refractivity contribution is 0.457. The highest BCUT2D eigenvalue weighted by molar-refractivity contribution is 5.58. The quantitative estimate of drug-likeness (QED) is 0.860. The second kappa shape index (κ2) is 4.11. The molecule has 0 atom stereocenters. The molecule has 2 N–H and O–H groups in total. The molecule has 4 heteroatoms. The molecule has 0 radical (unpaired) electrons. The largest absolute Gasteiger partial charge is 0.373 e. The van der Waals surface area contributed by atoms with Crippen LogP contribution in [0.5, 0.6) is 0 Å². The summed E-state index contributed by atoms with van der Waals surface area (Å²) < 4.78 is 0. The molecule has 18 heavy (non-hydrogen) atoms. The molecule has 0 aromatic carbocycles. The summed E-state index contributed by atoms with van der Waals surface area (Å²) in [6, 6.07) is 0.468. The van der Waals surface area contributed by atoms with Gasteiger partial charge in [0.05, 0.1) is 0 Å². The number of anilines is 2. The average Bonchev–Trinajstić information content (AvgIpc) is 2.71. The van der Waals surface area contributed by atoms with Gasteiger partial charge in [0.25, 0.3) is 0 Å². The minimum absolute atomic E-state index is 0.308. The van der Waals surface area contributed by atoms with Crippen LogP contribution < -0.4 is 10.6 Å². The summed E-state index contributed by atoms with van der Waals surface area (Å²) in [6.45, 7) is 11.3. The average molecular weight is 248 g/mol. The van der Waals surface area contributed by atoms with E-state index in [2.05, 4.69) is 55.2 Å². The van der Waals surface area contributed by atoms with Gasteiger partial charge in [0.1, 0.15) is 18.0 Å². The van der Waals surface area contributed by atoms with Crippen molar-refractivity contribution in [3.8, 4) is 0 Å². The number of rotatable bonds is 4. The van der Waals surface area contributed by atoms with Crippen LogP contribution in [-0.4, -0.2) is 23.1 Å². The van der Waals surface area contributed by atoms with Crippen molar-refractivity contribution >= 4 is 11.6 Å². The number of nitrogens with one attached hydrogen (secondary N) is 2. The molecule has 1 fully saturated rings. The fraction of sp³-hybridized carbons (Fsp3) is 0.714. The molecular formula is C14H24N4. The first-order chi connectivity index (χ1) is 8.36. The highest BCUT2D eigenvalue weighted by Crippen LogP contribution is 2.63. The van der Waals surface area contributed by atoms with Gasteiger partial charge in [0.2, 0.25) is 0 Å². The van der Waals surface area contributed by atoms with Crippen LogP contribution in [0.1, 0.15) is 40.2 Å². The molecule has 100 valence electrons. The van der Waals surface area contributed by atoms with Gasteiger partial charge in [-0.2, -0.15) is 0 Å². The van der Waals surface area contributed by atoms with E-state index in [9.17, 15) is 0 Å². The number of hydrogen-bond donors (Lipinski definition) is 2. The molecule has 2 rings (SSSR count). The summed E-state index contributed by atoms with van der Waals surface area (Å²) >= 11 is 0.